The van der Waals surface area contributed by atoms with E-state index in [4.69, 9.17) is 11.6 Å². The molecule has 29 heavy (non-hydrogen) atoms. The van der Waals surface area contributed by atoms with E-state index in [-0.39, 0.29) is 30.3 Å². The Kier molecular flexibility index (Phi) is 6.86. The van der Waals surface area contributed by atoms with Crippen LogP contribution in [0.5, 0.6) is 0 Å². The highest BCUT2D eigenvalue weighted by Gasteiger charge is 2.22. The number of aryl methyl sites for hydroxylation is 1. The first-order valence-electron chi connectivity index (χ1n) is 9.60. The predicted octanol–water partition coefficient (Wildman–Crippen LogP) is 1.60. The first kappa shape index (κ1) is 20.8. The van der Waals surface area contributed by atoms with Crippen molar-refractivity contribution in [2.45, 2.75) is 32.2 Å². The van der Waals surface area contributed by atoms with Crippen molar-refractivity contribution >= 4 is 28.8 Å². The van der Waals surface area contributed by atoms with Crippen LogP contribution in [0, 0.1) is 11.3 Å². The molecule has 152 valence electrons. The molecule has 3 N–H and O–H groups in total. The average Bonchev–Trinajstić information content (AvgIpc) is 2.92. The van der Waals surface area contributed by atoms with Gasteiger partial charge in [-0.2, -0.15) is 5.26 Å². The number of rotatable bonds is 6. The van der Waals surface area contributed by atoms with Crippen LogP contribution < -0.4 is 10.2 Å². The number of carbonyl (C=O) groups is 1. The summed E-state index contributed by atoms with van der Waals surface area (Å²) in [5.74, 6) is 0.904. The maximum Gasteiger partial charge on any atom is 0.279 e. The number of nitrogens with one attached hydrogen (secondary N) is 2. The predicted molar refractivity (Wildman–Crippen MR) is 109 cm³/mol. The zero-order chi connectivity index (χ0) is 20.8. The van der Waals surface area contributed by atoms with E-state index in [0.29, 0.717) is 16.5 Å². The number of anilines is 1. The lowest BCUT2D eigenvalue weighted by atomic mass is 10.2. The van der Waals surface area contributed by atoms with E-state index in [9.17, 15) is 15.2 Å². The number of nitrogens with zero attached hydrogens (tertiary/aromatic N) is 4. The van der Waals surface area contributed by atoms with Crippen LogP contribution in [0.1, 0.15) is 30.9 Å². The molecule has 3 rings (SSSR count). The van der Waals surface area contributed by atoms with E-state index < -0.39 is 0 Å². The fourth-order valence-corrected chi connectivity index (χ4v) is 3.56. The van der Waals surface area contributed by atoms with E-state index in [2.05, 4.69) is 21.6 Å². The number of para-hydroxylation sites is 1. The summed E-state index contributed by atoms with van der Waals surface area (Å²) in [6.07, 6.45) is 3.96. The van der Waals surface area contributed by atoms with Crippen molar-refractivity contribution in [2.75, 3.05) is 25.5 Å². The van der Waals surface area contributed by atoms with Gasteiger partial charge in [-0.15, -0.1) is 10.2 Å². The molecule has 0 saturated carbocycles. The number of aromatic nitrogens is 3. The summed E-state index contributed by atoms with van der Waals surface area (Å²) in [5.41, 5.74) is 0.645. The van der Waals surface area contributed by atoms with Crippen LogP contribution in [0.2, 0.25) is 5.02 Å². The average molecular weight is 416 g/mol. The fraction of sp³-hybridized carbons (Fsp3) is 0.400. The van der Waals surface area contributed by atoms with Crippen molar-refractivity contribution < 1.29 is 14.8 Å². The first-order chi connectivity index (χ1) is 14.0. The second kappa shape index (κ2) is 9.54. The van der Waals surface area contributed by atoms with Gasteiger partial charge >= 0.3 is 0 Å². The summed E-state index contributed by atoms with van der Waals surface area (Å²) >= 11 is 6.06. The quantitative estimate of drug-likeness (QED) is 0.490. The minimum atomic E-state index is -0.238. The molecule has 0 radical (unpaired) electrons. The normalized spacial score (nSPS) is 15.5. The number of hydrogen-bond acceptors (Lipinski definition) is 5. The van der Waals surface area contributed by atoms with Gasteiger partial charge in [0.2, 0.25) is 0 Å². The molecule has 0 spiro atoms. The zero-order valence-electron chi connectivity index (χ0n) is 16.3. The molecule has 1 aromatic heterocycles. The van der Waals surface area contributed by atoms with Crippen molar-refractivity contribution in [2.24, 2.45) is 0 Å². The highest BCUT2D eigenvalue weighted by molar-refractivity contribution is 6.33. The largest absolute Gasteiger partial charge is 0.506 e. The Labute approximate surface area is 174 Å². The lowest BCUT2D eigenvalue weighted by molar-refractivity contribution is -0.867. The number of likely N-dealkylation sites (N-methyl/N-ethyl adjacent to an activating group) is 1. The minimum Gasteiger partial charge on any atom is -0.506 e. The monoisotopic (exact) mass is 415 g/mol. The SMILES string of the molecule is C[NH+](CC(=O)Nc1ccccc1Cl)C/C(O)=C(\C#N)c1nnc2n1CCCCC2. The summed E-state index contributed by atoms with van der Waals surface area (Å²) in [4.78, 5) is 13.0. The third-order valence-electron chi connectivity index (χ3n) is 4.81. The van der Waals surface area contributed by atoms with E-state index >= 15 is 0 Å². The van der Waals surface area contributed by atoms with E-state index in [0.717, 1.165) is 43.0 Å². The van der Waals surface area contributed by atoms with Crippen LogP contribution in [0.4, 0.5) is 5.69 Å². The third kappa shape index (κ3) is 5.13. The van der Waals surface area contributed by atoms with E-state index in [1.807, 2.05) is 4.57 Å². The highest BCUT2D eigenvalue weighted by Crippen LogP contribution is 2.21. The molecular weight excluding hydrogens is 392 g/mol. The van der Waals surface area contributed by atoms with Crippen molar-refractivity contribution in [3.63, 3.8) is 0 Å². The molecule has 1 aliphatic rings. The zero-order valence-corrected chi connectivity index (χ0v) is 17.0. The molecule has 0 aliphatic carbocycles. The number of fused-ring (bicyclic) bond motifs is 1. The lowest BCUT2D eigenvalue weighted by Crippen LogP contribution is -3.10. The van der Waals surface area contributed by atoms with Gasteiger partial charge in [0.15, 0.2) is 18.1 Å². The molecule has 2 heterocycles. The summed E-state index contributed by atoms with van der Waals surface area (Å²) in [6.45, 7) is 0.950. The van der Waals surface area contributed by atoms with E-state index in [1.165, 1.54) is 0 Å². The van der Waals surface area contributed by atoms with Crippen LogP contribution in [0.3, 0.4) is 0 Å². The Morgan fingerprint density at radius 2 is 2.10 bits per heavy atom. The van der Waals surface area contributed by atoms with Gasteiger partial charge in [-0.25, -0.2) is 0 Å². The minimum absolute atomic E-state index is 0.102. The number of nitriles is 1. The van der Waals surface area contributed by atoms with Crippen molar-refractivity contribution in [3.8, 4) is 6.07 Å². The van der Waals surface area contributed by atoms with Gasteiger partial charge in [-0.05, 0) is 25.0 Å². The number of halogens is 1. The maximum absolute atomic E-state index is 12.3. The Morgan fingerprint density at radius 1 is 1.31 bits per heavy atom. The number of benzene rings is 1. The van der Waals surface area contributed by atoms with Gasteiger partial charge < -0.3 is 19.9 Å². The van der Waals surface area contributed by atoms with Crippen molar-refractivity contribution in [1.29, 1.82) is 5.26 Å². The lowest BCUT2D eigenvalue weighted by Gasteiger charge is -2.15. The van der Waals surface area contributed by atoms with Crippen LogP contribution in [-0.4, -0.2) is 45.9 Å². The number of aliphatic hydroxyl groups excluding tert-OH is 1. The summed E-state index contributed by atoms with van der Waals surface area (Å²) in [5, 5.41) is 31.7. The number of aliphatic hydroxyl groups is 1. The Balaban J connectivity index is 1.68. The van der Waals surface area contributed by atoms with Crippen LogP contribution in [0.15, 0.2) is 30.0 Å². The number of allylic oxidation sites excluding steroid dienone is 1. The Bertz CT molecular complexity index is 962. The Hall–Kier alpha value is -2.89. The molecule has 1 aromatic carbocycles. The van der Waals surface area contributed by atoms with E-state index in [1.54, 1.807) is 31.3 Å². The number of amides is 1. The molecule has 1 atom stereocenters. The first-order valence-corrected chi connectivity index (χ1v) is 9.97. The second-order valence-corrected chi connectivity index (χ2v) is 7.58. The summed E-state index contributed by atoms with van der Waals surface area (Å²) in [7, 11) is 1.77. The third-order valence-corrected chi connectivity index (χ3v) is 5.14. The van der Waals surface area contributed by atoms with Crippen molar-refractivity contribution in [3.05, 3.63) is 46.7 Å². The number of hydrogen-bond donors (Lipinski definition) is 3. The number of quaternary nitrogens is 1. The molecule has 0 bridgehead atoms. The molecule has 9 heteroatoms. The maximum atomic E-state index is 12.3. The molecule has 2 aromatic rings. The molecule has 0 fully saturated rings. The molecule has 0 saturated heterocycles. The van der Waals surface area contributed by atoms with Gasteiger partial charge in [-0.3, -0.25) is 4.79 Å². The smallest absolute Gasteiger partial charge is 0.279 e. The van der Waals surface area contributed by atoms with Gasteiger partial charge in [0.25, 0.3) is 5.91 Å². The standard InChI is InChI=1S/C20H23ClN6O2/c1-26(13-19(29)23-16-8-5-4-7-15(16)21)12-17(28)14(11-22)20-25-24-18-9-3-2-6-10-27(18)20/h4-5,7-8,28H,2-3,6,9-10,12-13H2,1H3,(H,23,29)/p+1/b17-14-. The summed E-state index contributed by atoms with van der Waals surface area (Å²) < 4.78 is 1.92. The topological polar surface area (TPSA) is 108 Å². The summed E-state index contributed by atoms with van der Waals surface area (Å²) in [6, 6.07) is 9.04. The number of carbonyl (C=O) groups excluding carboxylic acids is 1. The van der Waals surface area contributed by atoms with Crippen LogP contribution in [-0.2, 0) is 17.8 Å². The fourth-order valence-electron chi connectivity index (χ4n) is 3.38. The Morgan fingerprint density at radius 3 is 2.86 bits per heavy atom. The molecule has 1 amide bonds. The molecule has 1 unspecified atom stereocenters. The van der Waals surface area contributed by atoms with Gasteiger partial charge in [-0.1, -0.05) is 30.2 Å². The van der Waals surface area contributed by atoms with Gasteiger partial charge in [0.1, 0.15) is 24.0 Å². The van der Waals surface area contributed by atoms with Crippen LogP contribution in [0.25, 0.3) is 5.57 Å². The van der Waals surface area contributed by atoms with Gasteiger partial charge in [0.05, 0.1) is 17.8 Å². The van der Waals surface area contributed by atoms with Crippen LogP contribution >= 0.6 is 11.6 Å². The van der Waals surface area contributed by atoms with Gasteiger partial charge in [0, 0.05) is 13.0 Å². The van der Waals surface area contributed by atoms with Crippen molar-refractivity contribution in [1.82, 2.24) is 14.8 Å². The molecular formula is C20H24ClN6O2+. The molecule has 1 aliphatic heterocycles. The molecule has 8 nitrogen and oxygen atoms in total. The second-order valence-electron chi connectivity index (χ2n) is 7.17. The highest BCUT2D eigenvalue weighted by atomic mass is 35.5.